The van der Waals surface area contributed by atoms with Crippen LogP contribution in [-0.4, -0.2) is 35.8 Å². The molecular weight excluding hydrogens is 323 g/mol. The van der Waals surface area contributed by atoms with Gasteiger partial charge in [0.15, 0.2) is 0 Å². The first-order valence-corrected chi connectivity index (χ1v) is 7.90. The van der Waals surface area contributed by atoms with Crippen molar-refractivity contribution in [1.29, 1.82) is 0 Å². The predicted molar refractivity (Wildman–Crippen MR) is 94.3 cm³/mol. The van der Waals surface area contributed by atoms with E-state index in [2.05, 4.69) is 10.3 Å². The lowest BCUT2D eigenvalue weighted by atomic mass is 10.0. The van der Waals surface area contributed by atoms with Crippen molar-refractivity contribution in [3.8, 4) is 16.9 Å². The number of aromatic amines is 1. The highest BCUT2D eigenvalue weighted by molar-refractivity contribution is 6.00. The summed E-state index contributed by atoms with van der Waals surface area (Å²) in [5.41, 5.74) is 2.83. The van der Waals surface area contributed by atoms with Crippen molar-refractivity contribution < 1.29 is 19.0 Å². The Morgan fingerprint density at radius 2 is 2.12 bits per heavy atom. The van der Waals surface area contributed by atoms with Gasteiger partial charge in [0.05, 0.1) is 19.3 Å². The normalized spacial score (nSPS) is 12.2. The van der Waals surface area contributed by atoms with Crippen LogP contribution in [0.15, 0.2) is 42.6 Å². The maximum absolute atomic E-state index is 13.3. The number of ether oxygens (including phenoxy) is 1. The number of amides is 1. The van der Waals surface area contributed by atoms with Crippen LogP contribution in [0.25, 0.3) is 22.0 Å². The van der Waals surface area contributed by atoms with Crippen molar-refractivity contribution in [3.05, 3.63) is 54.0 Å². The molecule has 0 radical (unpaired) electrons. The molecule has 1 aromatic heterocycles. The molecular formula is C19H19FN2O3. The number of benzene rings is 2. The van der Waals surface area contributed by atoms with E-state index in [1.165, 1.54) is 19.2 Å². The molecule has 3 N–H and O–H groups in total. The Kier molecular flexibility index (Phi) is 4.72. The number of aliphatic hydroxyl groups excluding tert-OH is 1. The summed E-state index contributed by atoms with van der Waals surface area (Å²) in [5.74, 6) is -0.189. The Labute approximate surface area is 144 Å². The summed E-state index contributed by atoms with van der Waals surface area (Å²) < 4.78 is 18.7. The molecule has 0 saturated heterocycles. The molecule has 1 heterocycles. The van der Waals surface area contributed by atoms with Gasteiger partial charge in [0.25, 0.3) is 5.91 Å². The zero-order valence-electron chi connectivity index (χ0n) is 14.0. The fraction of sp³-hybridized carbons (Fsp3) is 0.211. The number of aliphatic hydroxyl groups is 1. The zero-order valence-corrected chi connectivity index (χ0v) is 14.0. The lowest BCUT2D eigenvalue weighted by molar-refractivity contribution is 0.0919. The van der Waals surface area contributed by atoms with Crippen LogP contribution in [0.3, 0.4) is 0 Å². The van der Waals surface area contributed by atoms with Gasteiger partial charge in [-0.05, 0) is 42.8 Å². The Hall–Kier alpha value is -2.86. The minimum atomic E-state index is -0.347. The maximum atomic E-state index is 13.3. The Balaban J connectivity index is 1.99. The molecule has 1 atom stereocenters. The van der Waals surface area contributed by atoms with Gasteiger partial charge in [0, 0.05) is 28.7 Å². The molecule has 0 spiro atoms. The molecule has 0 bridgehead atoms. The lowest BCUT2D eigenvalue weighted by Crippen LogP contribution is -2.35. The van der Waals surface area contributed by atoms with E-state index in [-0.39, 0.29) is 24.4 Å². The van der Waals surface area contributed by atoms with Crippen LogP contribution < -0.4 is 10.1 Å². The van der Waals surface area contributed by atoms with Gasteiger partial charge in [-0.25, -0.2) is 4.39 Å². The average molecular weight is 342 g/mol. The third-order valence-corrected chi connectivity index (χ3v) is 4.05. The molecule has 0 aliphatic rings. The molecule has 0 aliphatic carbocycles. The summed E-state index contributed by atoms with van der Waals surface area (Å²) in [6.45, 7) is 1.57. The van der Waals surface area contributed by atoms with Crippen LogP contribution in [0.4, 0.5) is 4.39 Å². The molecule has 1 amide bonds. The Bertz CT molecular complexity index is 920. The van der Waals surface area contributed by atoms with Crippen molar-refractivity contribution in [3.63, 3.8) is 0 Å². The van der Waals surface area contributed by atoms with E-state index in [1.54, 1.807) is 31.3 Å². The summed E-state index contributed by atoms with van der Waals surface area (Å²) in [6.07, 6.45) is 1.80. The molecule has 3 aromatic rings. The van der Waals surface area contributed by atoms with Crippen LogP contribution in [-0.2, 0) is 0 Å². The quantitative estimate of drug-likeness (QED) is 0.667. The second kappa shape index (κ2) is 6.94. The van der Waals surface area contributed by atoms with E-state index in [1.807, 2.05) is 6.07 Å². The summed E-state index contributed by atoms with van der Waals surface area (Å²) in [4.78, 5) is 15.3. The number of carbonyl (C=O) groups excluding carboxylic acids is 1. The number of rotatable bonds is 5. The number of carbonyl (C=O) groups is 1. The summed E-state index contributed by atoms with van der Waals surface area (Å²) in [5, 5.41) is 12.6. The molecule has 0 saturated carbocycles. The van der Waals surface area contributed by atoms with Crippen molar-refractivity contribution in [2.24, 2.45) is 0 Å². The first kappa shape index (κ1) is 17.0. The largest absolute Gasteiger partial charge is 0.496 e. The van der Waals surface area contributed by atoms with Crippen molar-refractivity contribution in [2.75, 3.05) is 13.7 Å². The third-order valence-electron chi connectivity index (χ3n) is 4.05. The van der Waals surface area contributed by atoms with Crippen molar-refractivity contribution >= 4 is 16.8 Å². The molecule has 3 rings (SSSR count). The average Bonchev–Trinajstić information content (AvgIpc) is 3.03. The van der Waals surface area contributed by atoms with Gasteiger partial charge in [-0.2, -0.15) is 0 Å². The highest BCUT2D eigenvalue weighted by Crippen LogP contribution is 2.32. The molecule has 2 aromatic carbocycles. The smallest absolute Gasteiger partial charge is 0.255 e. The van der Waals surface area contributed by atoms with E-state index in [9.17, 15) is 9.18 Å². The molecule has 6 heteroatoms. The van der Waals surface area contributed by atoms with Crippen LogP contribution in [0.1, 0.15) is 17.3 Å². The topological polar surface area (TPSA) is 74.4 Å². The minimum absolute atomic E-state index is 0.141. The molecule has 25 heavy (non-hydrogen) atoms. The van der Waals surface area contributed by atoms with Gasteiger partial charge in [-0.15, -0.1) is 0 Å². The van der Waals surface area contributed by atoms with Gasteiger partial charge in [-0.3, -0.25) is 4.79 Å². The zero-order chi connectivity index (χ0) is 18.0. The van der Waals surface area contributed by atoms with Crippen molar-refractivity contribution in [2.45, 2.75) is 13.0 Å². The Morgan fingerprint density at radius 1 is 1.32 bits per heavy atom. The SMILES string of the molecule is COc1cc(-c2c[nH]c3cc(F)ccc23)ccc1C(=O)N[C@@H](C)CO. The van der Waals surface area contributed by atoms with Crippen LogP contribution in [0.5, 0.6) is 5.75 Å². The van der Waals surface area contributed by atoms with E-state index in [4.69, 9.17) is 9.84 Å². The number of hydrogen-bond acceptors (Lipinski definition) is 3. The molecule has 0 fully saturated rings. The van der Waals surface area contributed by atoms with Gasteiger partial charge < -0.3 is 20.1 Å². The highest BCUT2D eigenvalue weighted by Gasteiger charge is 2.16. The number of methoxy groups -OCH3 is 1. The second-order valence-electron chi connectivity index (χ2n) is 5.86. The number of halogens is 1. The van der Waals surface area contributed by atoms with Crippen LogP contribution >= 0.6 is 0 Å². The Morgan fingerprint density at radius 3 is 2.84 bits per heavy atom. The second-order valence-corrected chi connectivity index (χ2v) is 5.86. The number of fused-ring (bicyclic) bond motifs is 1. The summed E-state index contributed by atoms with van der Waals surface area (Å²) in [6, 6.07) is 9.48. The van der Waals surface area contributed by atoms with Gasteiger partial charge in [0.2, 0.25) is 0 Å². The minimum Gasteiger partial charge on any atom is -0.496 e. The first-order chi connectivity index (χ1) is 12.0. The number of H-pyrrole nitrogens is 1. The van der Waals surface area contributed by atoms with Crippen LogP contribution in [0.2, 0.25) is 0 Å². The molecule has 0 unspecified atom stereocenters. The number of aromatic nitrogens is 1. The van der Waals surface area contributed by atoms with E-state index < -0.39 is 0 Å². The highest BCUT2D eigenvalue weighted by atomic mass is 19.1. The number of nitrogens with one attached hydrogen (secondary N) is 2. The molecule has 130 valence electrons. The third kappa shape index (κ3) is 3.34. The summed E-state index contributed by atoms with van der Waals surface area (Å²) in [7, 11) is 1.50. The van der Waals surface area contributed by atoms with Crippen molar-refractivity contribution in [1.82, 2.24) is 10.3 Å². The molecule has 5 nitrogen and oxygen atoms in total. The van der Waals surface area contributed by atoms with E-state index >= 15 is 0 Å². The number of hydrogen-bond donors (Lipinski definition) is 3. The fourth-order valence-electron chi connectivity index (χ4n) is 2.73. The van der Waals surface area contributed by atoms with Crippen LogP contribution in [0, 0.1) is 5.82 Å². The fourth-order valence-corrected chi connectivity index (χ4v) is 2.73. The van der Waals surface area contributed by atoms with E-state index in [0.717, 1.165) is 16.5 Å². The van der Waals surface area contributed by atoms with Gasteiger partial charge in [-0.1, -0.05) is 6.07 Å². The molecule has 0 aliphatic heterocycles. The monoisotopic (exact) mass is 342 g/mol. The first-order valence-electron chi connectivity index (χ1n) is 7.90. The predicted octanol–water partition coefficient (Wildman–Crippen LogP) is 3.09. The standard InChI is InChI=1S/C19H19FN2O3/c1-11(10-23)22-19(24)15-5-3-12(7-18(15)25-2)16-9-21-17-8-13(20)4-6-14(16)17/h3-9,11,21,23H,10H2,1-2H3,(H,22,24)/t11-/m0/s1. The van der Waals surface area contributed by atoms with Gasteiger partial charge >= 0.3 is 0 Å². The van der Waals surface area contributed by atoms with E-state index in [0.29, 0.717) is 16.8 Å². The maximum Gasteiger partial charge on any atom is 0.255 e. The lowest BCUT2D eigenvalue weighted by Gasteiger charge is -2.14. The summed E-state index contributed by atoms with van der Waals surface area (Å²) >= 11 is 0. The van der Waals surface area contributed by atoms with Gasteiger partial charge in [0.1, 0.15) is 11.6 Å².